The first kappa shape index (κ1) is 10.5. The topological polar surface area (TPSA) is 59.2 Å². The highest BCUT2D eigenvalue weighted by Gasteiger charge is 2.04. The van der Waals surface area contributed by atoms with E-state index in [1.165, 1.54) is 0 Å². The first-order valence-corrected chi connectivity index (χ1v) is 5.35. The average Bonchev–Trinajstić information content (AvgIpc) is 2.51. The molecule has 0 aliphatic rings. The van der Waals surface area contributed by atoms with Crippen molar-refractivity contribution in [3.8, 4) is 0 Å². The summed E-state index contributed by atoms with van der Waals surface area (Å²) in [5, 5.41) is 16.4. The molecule has 74 valence electrons. The van der Waals surface area contributed by atoms with E-state index in [1.54, 1.807) is 18.7 Å². The van der Waals surface area contributed by atoms with Gasteiger partial charge in [0.15, 0.2) is 0 Å². The molecule has 1 heterocycles. The Morgan fingerprint density at radius 3 is 2.85 bits per heavy atom. The molecule has 1 rings (SSSR count). The number of thioether (sulfide) groups is 1. The SMILES string of the molecule is Cc1nnc(CSCC(C)CO)o1. The number of rotatable bonds is 5. The maximum atomic E-state index is 8.77. The largest absolute Gasteiger partial charge is 0.425 e. The van der Waals surface area contributed by atoms with E-state index in [9.17, 15) is 0 Å². The van der Waals surface area contributed by atoms with Gasteiger partial charge >= 0.3 is 0 Å². The number of nitrogens with zero attached hydrogens (tertiary/aromatic N) is 2. The second kappa shape index (κ2) is 5.24. The summed E-state index contributed by atoms with van der Waals surface area (Å²) in [5.41, 5.74) is 0. The van der Waals surface area contributed by atoms with Crippen molar-refractivity contribution in [1.82, 2.24) is 10.2 Å². The molecule has 0 saturated carbocycles. The quantitative estimate of drug-likeness (QED) is 0.778. The summed E-state index contributed by atoms with van der Waals surface area (Å²) in [4.78, 5) is 0. The van der Waals surface area contributed by atoms with E-state index in [0.717, 1.165) is 11.5 Å². The summed E-state index contributed by atoms with van der Waals surface area (Å²) >= 11 is 1.70. The first-order chi connectivity index (χ1) is 6.22. The van der Waals surface area contributed by atoms with Crippen molar-refractivity contribution in [1.29, 1.82) is 0 Å². The van der Waals surface area contributed by atoms with Gasteiger partial charge in [-0.3, -0.25) is 0 Å². The molecule has 0 bridgehead atoms. The third kappa shape index (κ3) is 3.78. The van der Waals surface area contributed by atoms with Crippen molar-refractivity contribution in [2.45, 2.75) is 19.6 Å². The van der Waals surface area contributed by atoms with Crippen LogP contribution in [0.5, 0.6) is 0 Å². The maximum Gasteiger partial charge on any atom is 0.226 e. The van der Waals surface area contributed by atoms with Crippen LogP contribution in [-0.2, 0) is 5.75 Å². The smallest absolute Gasteiger partial charge is 0.226 e. The van der Waals surface area contributed by atoms with Crippen LogP contribution in [0.4, 0.5) is 0 Å². The van der Waals surface area contributed by atoms with Gasteiger partial charge in [0.1, 0.15) is 0 Å². The van der Waals surface area contributed by atoms with Crippen molar-refractivity contribution >= 4 is 11.8 Å². The second-order valence-electron chi connectivity index (χ2n) is 3.02. The fourth-order valence-corrected chi connectivity index (χ4v) is 1.71. The van der Waals surface area contributed by atoms with E-state index < -0.39 is 0 Å². The molecule has 5 heteroatoms. The highest BCUT2D eigenvalue weighted by Crippen LogP contribution is 2.13. The minimum Gasteiger partial charge on any atom is -0.425 e. The Bertz CT molecular complexity index is 252. The Labute approximate surface area is 81.7 Å². The highest BCUT2D eigenvalue weighted by atomic mass is 32.2. The molecule has 13 heavy (non-hydrogen) atoms. The number of aliphatic hydroxyl groups excluding tert-OH is 1. The predicted molar refractivity (Wildman–Crippen MR) is 51.4 cm³/mol. The fraction of sp³-hybridized carbons (Fsp3) is 0.750. The molecular formula is C8H14N2O2S. The van der Waals surface area contributed by atoms with Gasteiger partial charge in [0.25, 0.3) is 0 Å². The van der Waals surface area contributed by atoms with Crippen LogP contribution in [0.25, 0.3) is 0 Å². The van der Waals surface area contributed by atoms with Crippen LogP contribution in [0.3, 0.4) is 0 Å². The predicted octanol–water partition coefficient (Wildman–Crippen LogP) is 1.24. The van der Waals surface area contributed by atoms with Crippen LogP contribution in [0.1, 0.15) is 18.7 Å². The van der Waals surface area contributed by atoms with Gasteiger partial charge < -0.3 is 9.52 Å². The lowest BCUT2D eigenvalue weighted by Crippen LogP contribution is -2.03. The summed E-state index contributed by atoms with van der Waals surface area (Å²) in [5.74, 6) is 3.23. The van der Waals surface area contributed by atoms with E-state index in [0.29, 0.717) is 17.7 Å². The Kier molecular flexibility index (Phi) is 4.24. The van der Waals surface area contributed by atoms with Gasteiger partial charge in [-0.1, -0.05) is 6.92 Å². The Balaban J connectivity index is 2.20. The van der Waals surface area contributed by atoms with Crippen LogP contribution in [0, 0.1) is 12.8 Å². The van der Waals surface area contributed by atoms with Gasteiger partial charge in [0, 0.05) is 13.5 Å². The van der Waals surface area contributed by atoms with Gasteiger partial charge in [-0.15, -0.1) is 10.2 Å². The molecule has 0 aliphatic carbocycles. The van der Waals surface area contributed by atoms with Crippen molar-refractivity contribution in [2.24, 2.45) is 5.92 Å². The zero-order chi connectivity index (χ0) is 9.68. The van der Waals surface area contributed by atoms with E-state index in [-0.39, 0.29) is 6.61 Å². The summed E-state index contributed by atoms with van der Waals surface area (Å²) in [7, 11) is 0. The first-order valence-electron chi connectivity index (χ1n) is 4.20. The Morgan fingerprint density at radius 2 is 2.31 bits per heavy atom. The lowest BCUT2D eigenvalue weighted by Gasteiger charge is -2.04. The van der Waals surface area contributed by atoms with Gasteiger partial charge in [0.05, 0.1) is 5.75 Å². The molecule has 0 fully saturated rings. The molecule has 0 amide bonds. The Morgan fingerprint density at radius 1 is 1.54 bits per heavy atom. The molecule has 1 N–H and O–H groups in total. The van der Waals surface area contributed by atoms with Crippen molar-refractivity contribution in [3.63, 3.8) is 0 Å². The lowest BCUT2D eigenvalue weighted by molar-refractivity contribution is 0.250. The van der Waals surface area contributed by atoms with E-state index in [4.69, 9.17) is 9.52 Å². The van der Waals surface area contributed by atoms with E-state index in [2.05, 4.69) is 10.2 Å². The van der Waals surface area contributed by atoms with Gasteiger partial charge in [-0.25, -0.2) is 0 Å². The minimum absolute atomic E-state index is 0.232. The second-order valence-corrected chi connectivity index (χ2v) is 4.05. The molecule has 0 saturated heterocycles. The summed E-state index contributed by atoms with van der Waals surface area (Å²) in [6.45, 7) is 4.01. The number of aliphatic hydroxyl groups is 1. The van der Waals surface area contributed by atoms with Gasteiger partial charge in [-0.05, 0) is 11.7 Å². The molecule has 0 aliphatic heterocycles. The number of hydrogen-bond acceptors (Lipinski definition) is 5. The van der Waals surface area contributed by atoms with E-state index >= 15 is 0 Å². The zero-order valence-corrected chi connectivity index (χ0v) is 8.67. The van der Waals surface area contributed by atoms with Crippen LogP contribution in [0.2, 0.25) is 0 Å². The molecule has 0 aromatic carbocycles. The van der Waals surface area contributed by atoms with Crippen LogP contribution in [0.15, 0.2) is 4.42 Å². The molecule has 1 unspecified atom stereocenters. The van der Waals surface area contributed by atoms with Crippen molar-refractivity contribution in [3.05, 3.63) is 11.8 Å². The zero-order valence-electron chi connectivity index (χ0n) is 7.86. The third-order valence-corrected chi connectivity index (χ3v) is 2.76. The molecule has 1 atom stereocenters. The monoisotopic (exact) mass is 202 g/mol. The number of hydrogen-bond donors (Lipinski definition) is 1. The molecule has 4 nitrogen and oxygen atoms in total. The van der Waals surface area contributed by atoms with Crippen LogP contribution < -0.4 is 0 Å². The molecule has 1 aromatic rings. The van der Waals surface area contributed by atoms with Crippen molar-refractivity contribution < 1.29 is 9.52 Å². The van der Waals surface area contributed by atoms with Crippen molar-refractivity contribution in [2.75, 3.05) is 12.4 Å². The summed E-state index contributed by atoms with van der Waals surface area (Å²) in [6, 6.07) is 0. The molecular weight excluding hydrogens is 188 g/mol. The minimum atomic E-state index is 0.232. The summed E-state index contributed by atoms with van der Waals surface area (Å²) < 4.78 is 5.19. The standard InChI is InChI=1S/C8H14N2O2S/c1-6(3-11)4-13-5-8-10-9-7(2)12-8/h6,11H,3-5H2,1-2H3. The maximum absolute atomic E-state index is 8.77. The number of aromatic nitrogens is 2. The van der Waals surface area contributed by atoms with Gasteiger partial charge in [0.2, 0.25) is 11.8 Å². The highest BCUT2D eigenvalue weighted by molar-refractivity contribution is 7.98. The fourth-order valence-electron chi connectivity index (χ4n) is 0.796. The molecule has 1 aromatic heterocycles. The normalized spacial score (nSPS) is 13.2. The third-order valence-electron chi connectivity index (χ3n) is 1.51. The Hall–Kier alpha value is -0.550. The number of aryl methyl sites for hydroxylation is 1. The lowest BCUT2D eigenvalue weighted by atomic mass is 10.2. The van der Waals surface area contributed by atoms with Crippen LogP contribution >= 0.6 is 11.8 Å². The molecule has 0 radical (unpaired) electrons. The summed E-state index contributed by atoms with van der Waals surface area (Å²) in [6.07, 6.45) is 0. The van der Waals surface area contributed by atoms with Crippen LogP contribution in [-0.4, -0.2) is 27.7 Å². The van der Waals surface area contributed by atoms with E-state index in [1.807, 2.05) is 6.92 Å². The van der Waals surface area contributed by atoms with Gasteiger partial charge in [-0.2, -0.15) is 11.8 Å². The average molecular weight is 202 g/mol. The molecule has 0 spiro atoms.